The molecule has 3 N–H and O–H groups in total. The predicted octanol–water partition coefficient (Wildman–Crippen LogP) is 13.7. The molecule has 0 amide bonds. The van der Waals surface area contributed by atoms with Crippen LogP contribution in [0.1, 0.15) is 174 Å². The van der Waals surface area contributed by atoms with Gasteiger partial charge in [0.1, 0.15) is 11.3 Å². The van der Waals surface area contributed by atoms with Gasteiger partial charge >= 0.3 is 17.6 Å². The summed E-state index contributed by atoms with van der Waals surface area (Å²) in [5.41, 5.74) is 9.92. The van der Waals surface area contributed by atoms with Gasteiger partial charge in [0.25, 0.3) is 0 Å². The fourth-order valence-electron chi connectivity index (χ4n) is 18.9. The molecule has 2 fully saturated rings. The monoisotopic (exact) mass is 1180 g/mol. The van der Waals surface area contributed by atoms with Crippen molar-refractivity contribution in [1.29, 1.82) is 0 Å². The van der Waals surface area contributed by atoms with Crippen LogP contribution in [0.15, 0.2) is 160 Å². The summed E-state index contributed by atoms with van der Waals surface area (Å²) in [6, 6.07) is 37.3. The fraction of sp³-hybridized carbons (Fsp3) is 0.416. The molecular weight excluding hydrogens is 1100 g/mol. The Morgan fingerprint density at radius 1 is 0.795 bits per heavy atom. The number of aliphatic hydroxyl groups excluding tert-OH is 3. The number of ether oxygens (including phenoxy) is 4. The molecule has 0 radical (unpaired) electrons. The first-order valence-corrected chi connectivity index (χ1v) is 32.4. The molecule has 1 aromatic heterocycles. The third kappa shape index (κ3) is 8.98. The van der Waals surface area contributed by atoms with Crippen LogP contribution in [0, 0.1) is 29.1 Å². The van der Waals surface area contributed by atoms with Gasteiger partial charge in [-0.25, -0.2) is 9.59 Å². The minimum Gasteiger partial charge on any atom is -0.482 e. The molecule has 13 unspecified atom stereocenters. The highest BCUT2D eigenvalue weighted by Crippen LogP contribution is 2.69. The summed E-state index contributed by atoms with van der Waals surface area (Å²) < 4.78 is 34.4. The Kier molecular flexibility index (Phi) is 14.6. The topological polar surface area (TPSA) is 162 Å². The fourth-order valence-corrected chi connectivity index (χ4v) is 18.9. The van der Waals surface area contributed by atoms with Gasteiger partial charge in [0, 0.05) is 77.6 Å². The molecule has 1 spiro atoms. The minimum atomic E-state index is -1.38. The maximum absolute atomic E-state index is 16.1. The van der Waals surface area contributed by atoms with Crippen molar-refractivity contribution in [2.24, 2.45) is 29.1 Å². The van der Waals surface area contributed by atoms with Crippen molar-refractivity contribution in [2.45, 2.75) is 144 Å². The molecule has 2 saturated carbocycles. The van der Waals surface area contributed by atoms with E-state index in [1.165, 1.54) is 52.5 Å². The van der Waals surface area contributed by atoms with Crippen molar-refractivity contribution in [3.63, 3.8) is 0 Å². The van der Waals surface area contributed by atoms with Crippen molar-refractivity contribution < 1.29 is 48.3 Å². The number of benzene rings is 5. The van der Waals surface area contributed by atoms with Gasteiger partial charge < -0.3 is 38.7 Å². The molecule has 6 bridgehead atoms. The summed E-state index contributed by atoms with van der Waals surface area (Å²) in [5.74, 6) is -1.68. The maximum atomic E-state index is 16.1. The van der Waals surface area contributed by atoms with E-state index in [0.717, 1.165) is 43.2 Å². The Balaban J connectivity index is 0.934. The normalized spacial score (nSPS) is 31.5. The van der Waals surface area contributed by atoms with Gasteiger partial charge in [-0.15, -0.1) is 0 Å². The summed E-state index contributed by atoms with van der Waals surface area (Å²) in [6.45, 7) is 0.689. The minimum absolute atomic E-state index is 0.0151. The van der Waals surface area contributed by atoms with Crippen LogP contribution in [0.5, 0.6) is 5.75 Å². The van der Waals surface area contributed by atoms with E-state index in [9.17, 15) is 20.1 Å². The van der Waals surface area contributed by atoms with E-state index in [1.807, 2.05) is 6.07 Å². The second-order valence-corrected chi connectivity index (χ2v) is 26.9. The summed E-state index contributed by atoms with van der Waals surface area (Å²) >= 11 is 0. The predicted molar refractivity (Wildman–Crippen MR) is 338 cm³/mol. The number of carbonyl (C=O) groups is 2. The van der Waals surface area contributed by atoms with Crippen molar-refractivity contribution in [2.75, 3.05) is 26.9 Å². The van der Waals surface area contributed by atoms with E-state index in [2.05, 4.69) is 140 Å². The summed E-state index contributed by atoms with van der Waals surface area (Å²) in [4.78, 5) is 46.6. The first-order valence-electron chi connectivity index (χ1n) is 32.4. The van der Waals surface area contributed by atoms with Gasteiger partial charge in [0.05, 0.1) is 25.4 Å². The standard InChI is InChI=1S/C77H78O11/c1-45(42-79)57-25-21-46-18-19-52-37-51(46)30-35-75-32-10-34-77(66(75)41-61-59-16-5-3-11-47(59)23-28-64(61)75)72(87-73(57)82)71(69-65(88-77)29-27-60-62(43-80)68(74(83)86-70(60)69)53(31-36-78)44-84-2)85-67(81)40-54-38-50(22-26-58(52)54)49-13-9-15-56(39-49)76-33-8-7-14-55(76)24-20-48-12-4-6-17-63(48)76/h3-6,9-13,15-20,22-24,26-29,32,37,39,50,53-55,58,61,64,66,71-72,78-80H,7-8,14,21,25,30-31,33-36,38,40-44H2,1-2H3. The molecule has 6 aromatic rings. The molecule has 452 valence electrons. The van der Waals surface area contributed by atoms with Crippen LogP contribution in [-0.4, -0.2) is 65.9 Å². The zero-order valence-corrected chi connectivity index (χ0v) is 50.3. The molecule has 3 aliphatic heterocycles. The van der Waals surface area contributed by atoms with Crippen molar-refractivity contribution in [3.05, 3.63) is 228 Å². The van der Waals surface area contributed by atoms with Gasteiger partial charge in [-0.1, -0.05) is 152 Å². The highest BCUT2D eigenvalue weighted by molar-refractivity contribution is 5.91. The molecule has 13 atom stereocenters. The number of rotatable bonds is 9. The summed E-state index contributed by atoms with van der Waals surface area (Å²) in [5, 5.41) is 32.9. The van der Waals surface area contributed by atoms with Crippen LogP contribution in [0.3, 0.4) is 0 Å². The summed E-state index contributed by atoms with van der Waals surface area (Å²) in [7, 11) is 1.52. The Morgan fingerprint density at radius 3 is 2.50 bits per heavy atom. The SMILES string of the molecule is COCC(CCO)c1c(CO)c2ccc3c(c2oc1=O)C1OC(=O)CC2CC(c4cccc(C56CCCCC5C=Cc5ccccc56)c4)C=CC2c2ccc4c(c2)CCC25C=CCC(O3)(C1OC(=O)C(=C(C)CO)CC4)C2CC1c2ccccc2C=CC15. The van der Waals surface area contributed by atoms with Gasteiger partial charge in [-0.2, -0.15) is 0 Å². The van der Waals surface area contributed by atoms with E-state index >= 15 is 9.59 Å². The molecular formula is C77H78O11. The van der Waals surface area contributed by atoms with E-state index in [-0.39, 0.29) is 96.7 Å². The Labute approximate surface area is 514 Å². The molecule has 5 aromatic carbocycles. The number of esters is 2. The lowest BCUT2D eigenvalue weighted by molar-refractivity contribution is -0.210. The second-order valence-electron chi connectivity index (χ2n) is 26.9. The molecule has 9 aliphatic rings. The lowest BCUT2D eigenvalue weighted by Crippen LogP contribution is -2.64. The first kappa shape index (κ1) is 57.1. The molecule has 11 nitrogen and oxygen atoms in total. The molecule has 0 saturated heterocycles. The van der Waals surface area contributed by atoms with Gasteiger partial charge in [-0.05, 0) is 162 Å². The number of allylic oxidation sites excluding steroid dienone is 5. The van der Waals surface area contributed by atoms with Crippen LogP contribution < -0.4 is 10.4 Å². The van der Waals surface area contributed by atoms with Crippen LogP contribution in [0.25, 0.3) is 23.1 Å². The number of methoxy groups -OCH3 is 1. The number of hydrogen-bond donors (Lipinski definition) is 3. The molecule has 6 aliphatic carbocycles. The maximum Gasteiger partial charge on any atom is 0.340 e. The smallest absolute Gasteiger partial charge is 0.340 e. The first-order chi connectivity index (χ1) is 43.0. The number of aliphatic hydroxyl groups is 3. The molecule has 15 rings (SSSR count). The zero-order chi connectivity index (χ0) is 60.1. The highest BCUT2D eigenvalue weighted by Gasteiger charge is 2.69. The molecule has 11 heteroatoms. The van der Waals surface area contributed by atoms with Crippen molar-refractivity contribution in [3.8, 4) is 5.75 Å². The van der Waals surface area contributed by atoms with Gasteiger partial charge in [0.2, 0.25) is 0 Å². The largest absolute Gasteiger partial charge is 0.482 e. The third-order valence-electron chi connectivity index (χ3n) is 22.9. The number of fused-ring (bicyclic) bond motifs is 14. The van der Waals surface area contributed by atoms with Crippen LogP contribution >= 0.6 is 0 Å². The molecule has 88 heavy (non-hydrogen) atoms. The van der Waals surface area contributed by atoms with E-state index in [4.69, 9.17) is 23.4 Å². The van der Waals surface area contributed by atoms with Crippen molar-refractivity contribution in [1.82, 2.24) is 0 Å². The molecule has 4 heterocycles. The zero-order valence-electron chi connectivity index (χ0n) is 50.3. The Bertz CT molecular complexity index is 4000. The van der Waals surface area contributed by atoms with Crippen LogP contribution in [0.2, 0.25) is 0 Å². The summed E-state index contributed by atoms with van der Waals surface area (Å²) in [6.07, 6.45) is 24.8. The number of carbonyl (C=O) groups excluding carboxylic acids is 2. The van der Waals surface area contributed by atoms with Crippen LogP contribution in [0.4, 0.5) is 0 Å². The lowest BCUT2D eigenvalue weighted by Gasteiger charge is -2.56. The number of aryl methyl sites for hydroxylation is 2. The average Bonchev–Trinajstić information content (AvgIpc) is 1.44. The van der Waals surface area contributed by atoms with E-state index < -0.39 is 53.3 Å². The third-order valence-corrected chi connectivity index (χ3v) is 22.9. The number of hydrogen-bond acceptors (Lipinski definition) is 11. The van der Waals surface area contributed by atoms with E-state index in [0.29, 0.717) is 59.4 Å². The Hall–Kier alpha value is -7.41. The Morgan fingerprint density at radius 2 is 1.65 bits per heavy atom. The van der Waals surface area contributed by atoms with Crippen molar-refractivity contribution >= 4 is 35.1 Å². The van der Waals surface area contributed by atoms with Gasteiger partial charge in [-0.3, -0.25) is 4.79 Å². The lowest BCUT2D eigenvalue weighted by atomic mass is 9.56. The quantitative estimate of drug-likeness (QED) is 0.0547. The van der Waals surface area contributed by atoms with E-state index in [1.54, 1.807) is 13.0 Å². The van der Waals surface area contributed by atoms with Crippen LogP contribution in [-0.2, 0) is 48.7 Å². The highest BCUT2D eigenvalue weighted by atomic mass is 16.6. The average molecular weight is 1180 g/mol. The van der Waals surface area contributed by atoms with Gasteiger partial charge in [0.15, 0.2) is 17.8 Å². The second kappa shape index (κ2) is 22.6.